The van der Waals surface area contributed by atoms with Crippen molar-refractivity contribution in [1.82, 2.24) is 10.3 Å². The molecule has 0 aliphatic carbocycles. The number of nitrogens with one attached hydrogen (secondary N) is 2. The van der Waals surface area contributed by atoms with Crippen LogP contribution >= 0.6 is 0 Å². The molecule has 0 saturated heterocycles. The lowest BCUT2D eigenvalue weighted by Crippen LogP contribution is -2.31. The number of carboxylic acid groups (broad SMARTS) is 1. The Bertz CT molecular complexity index is 872. The minimum Gasteiger partial charge on any atom is -0.481 e. The molecular formula is C22H26FN3O3. The fourth-order valence-corrected chi connectivity index (χ4v) is 3.48. The van der Waals surface area contributed by atoms with E-state index in [1.807, 2.05) is 6.07 Å². The van der Waals surface area contributed by atoms with Crippen LogP contribution in [-0.4, -0.2) is 35.1 Å². The highest BCUT2D eigenvalue weighted by molar-refractivity contribution is 5.79. The smallest absolute Gasteiger partial charge is 0.312 e. The van der Waals surface area contributed by atoms with Gasteiger partial charge in [0.2, 0.25) is 5.91 Å². The molecule has 1 aromatic heterocycles. The van der Waals surface area contributed by atoms with Gasteiger partial charge in [0.05, 0.1) is 5.92 Å². The van der Waals surface area contributed by atoms with Crippen LogP contribution in [0.2, 0.25) is 0 Å². The molecule has 154 valence electrons. The lowest BCUT2D eigenvalue weighted by atomic mass is 9.99. The Hall–Kier alpha value is -2.96. The van der Waals surface area contributed by atoms with Gasteiger partial charge in [-0.05, 0) is 61.4 Å². The number of carbonyl (C=O) groups is 2. The number of amides is 1. The molecule has 1 aromatic carbocycles. The number of anilines is 1. The van der Waals surface area contributed by atoms with Gasteiger partial charge in [0.1, 0.15) is 11.6 Å². The van der Waals surface area contributed by atoms with Gasteiger partial charge in [0, 0.05) is 25.2 Å². The van der Waals surface area contributed by atoms with E-state index in [1.54, 1.807) is 6.07 Å². The summed E-state index contributed by atoms with van der Waals surface area (Å²) in [5.41, 5.74) is 2.60. The standard InChI is InChI=1S/C22H26FN3O3/c23-17-7-3-5-16(13-17)19(22(28)29)14-25-20(27)9-2-1-8-18-11-10-15-6-4-12-24-21(15)26-18/h3,5,7,10-11,13,19H,1-2,4,6,8-9,12,14H2,(H,24,26)(H,25,27)(H,28,29)/t19-/m1/s1. The zero-order valence-electron chi connectivity index (χ0n) is 16.3. The first-order valence-corrected chi connectivity index (χ1v) is 10.0. The molecule has 2 aromatic rings. The molecule has 29 heavy (non-hydrogen) atoms. The highest BCUT2D eigenvalue weighted by Crippen LogP contribution is 2.20. The predicted octanol–water partition coefficient (Wildman–Crippen LogP) is 3.28. The number of halogens is 1. The Morgan fingerprint density at radius 2 is 2.10 bits per heavy atom. The molecule has 0 spiro atoms. The summed E-state index contributed by atoms with van der Waals surface area (Å²) in [6.45, 7) is 0.895. The van der Waals surface area contributed by atoms with Crippen LogP contribution in [0.15, 0.2) is 36.4 Å². The second-order valence-corrected chi connectivity index (χ2v) is 7.30. The third kappa shape index (κ3) is 6.01. The number of hydrogen-bond acceptors (Lipinski definition) is 4. The van der Waals surface area contributed by atoms with Crippen molar-refractivity contribution in [3.63, 3.8) is 0 Å². The maximum atomic E-state index is 13.3. The van der Waals surface area contributed by atoms with Crippen LogP contribution in [0.3, 0.4) is 0 Å². The number of nitrogens with zero attached hydrogens (tertiary/aromatic N) is 1. The summed E-state index contributed by atoms with van der Waals surface area (Å²) in [6.07, 6.45) is 4.82. The van der Waals surface area contributed by atoms with Crippen LogP contribution in [-0.2, 0) is 22.4 Å². The number of unbranched alkanes of at least 4 members (excludes halogenated alkanes) is 1. The van der Waals surface area contributed by atoms with E-state index in [0.29, 0.717) is 18.4 Å². The van der Waals surface area contributed by atoms with Crippen molar-refractivity contribution in [2.24, 2.45) is 0 Å². The number of aromatic nitrogens is 1. The number of hydrogen-bond donors (Lipinski definition) is 3. The molecule has 1 atom stereocenters. The molecule has 0 bridgehead atoms. The van der Waals surface area contributed by atoms with Crippen LogP contribution in [0.4, 0.5) is 10.2 Å². The first-order valence-electron chi connectivity index (χ1n) is 10.0. The molecule has 6 nitrogen and oxygen atoms in total. The van der Waals surface area contributed by atoms with Gasteiger partial charge < -0.3 is 15.7 Å². The summed E-state index contributed by atoms with van der Waals surface area (Å²) in [6, 6.07) is 9.62. The quantitative estimate of drug-likeness (QED) is 0.563. The number of carbonyl (C=O) groups excluding carboxylic acids is 1. The van der Waals surface area contributed by atoms with Crippen LogP contribution < -0.4 is 10.6 Å². The summed E-state index contributed by atoms with van der Waals surface area (Å²) in [4.78, 5) is 28.2. The van der Waals surface area contributed by atoms with Crippen molar-refractivity contribution < 1.29 is 19.1 Å². The Kier molecular flexibility index (Phi) is 7.16. The highest BCUT2D eigenvalue weighted by atomic mass is 19.1. The number of carboxylic acids is 1. The molecule has 7 heteroatoms. The Labute approximate surface area is 169 Å². The molecule has 0 radical (unpaired) electrons. The van der Waals surface area contributed by atoms with Gasteiger partial charge in [-0.1, -0.05) is 18.2 Å². The van der Waals surface area contributed by atoms with E-state index < -0.39 is 17.7 Å². The number of pyridine rings is 1. The van der Waals surface area contributed by atoms with Gasteiger partial charge in [0.25, 0.3) is 0 Å². The first kappa shape index (κ1) is 20.8. The Morgan fingerprint density at radius 1 is 1.24 bits per heavy atom. The van der Waals surface area contributed by atoms with Crippen molar-refractivity contribution in [2.75, 3.05) is 18.4 Å². The van der Waals surface area contributed by atoms with Crippen LogP contribution in [0.5, 0.6) is 0 Å². The first-order chi connectivity index (χ1) is 14.0. The van der Waals surface area contributed by atoms with Gasteiger partial charge in [-0.3, -0.25) is 9.59 Å². The molecule has 2 heterocycles. The molecular weight excluding hydrogens is 373 g/mol. The number of rotatable bonds is 9. The maximum absolute atomic E-state index is 13.3. The fourth-order valence-electron chi connectivity index (χ4n) is 3.48. The zero-order chi connectivity index (χ0) is 20.6. The van der Waals surface area contributed by atoms with E-state index in [0.717, 1.165) is 43.7 Å². The molecule has 1 amide bonds. The maximum Gasteiger partial charge on any atom is 0.312 e. The Balaban J connectivity index is 1.41. The third-order valence-electron chi connectivity index (χ3n) is 5.09. The van der Waals surface area contributed by atoms with Gasteiger partial charge in [-0.25, -0.2) is 9.37 Å². The largest absolute Gasteiger partial charge is 0.481 e. The molecule has 1 aliphatic heterocycles. The number of aliphatic carboxylic acids is 1. The van der Waals surface area contributed by atoms with Gasteiger partial charge in [0.15, 0.2) is 0 Å². The van der Waals surface area contributed by atoms with Crippen molar-refractivity contribution in [2.45, 2.75) is 44.4 Å². The van der Waals surface area contributed by atoms with Crippen molar-refractivity contribution >= 4 is 17.7 Å². The van der Waals surface area contributed by atoms with Crippen molar-refractivity contribution in [3.05, 3.63) is 59.0 Å². The lowest BCUT2D eigenvalue weighted by Gasteiger charge is -2.17. The molecule has 0 fully saturated rings. The summed E-state index contributed by atoms with van der Waals surface area (Å²) in [5.74, 6) is -1.79. The van der Waals surface area contributed by atoms with E-state index in [-0.39, 0.29) is 12.5 Å². The monoisotopic (exact) mass is 399 g/mol. The van der Waals surface area contributed by atoms with E-state index >= 15 is 0 Å². The molecule has 3 N–H and O–H groups in total. The summed E-state index contributed by atoms with van der Waals surface area (Å²) >= 11 is 0. The highest BCUT2D eigenvalue weighted by Gasteiger charge is 2.21. The average Bonchev–Trinajstić information content (AvgIpc) is 2.71. The second kappa shape index (κ2) is 10.0. The minimum atomic E-state index is -1.09. The fraction of sp³-hybridized carbons (Fsp3) is 0.409. The molecule has 1 aliphatic rings. The van der Waals surface area contributed by atoms with E-state index in [1.165, 1.54) is 23.8 Å². The van der Waals surface area contributed by atoms with E-state index in [4.69, 9.17) is 0 Å². The predicted molar refractivity (Wildman–Crippen MR) is 108 cm³/mol. The average molecular weight is 399 g/mol. The van der Waals surface area contributed by atoms with Gasteiger partial charge >= 0.3 is 5.97 Å². The van der Waals surface area contributed by atoms with Gasteiger partial charge in [-0.15, -0.1) is 0 Å². The van der Waals surface area contributed by atoms with Crippen LogP contribution in [0, 0.1) is 5.82 Å². The summed E-state index contributed by atoms with van der Waals surface area (Å²) in [5, 5.41) is 15.3. The molecule has 3 rings (SSSR count). The summed E-state index contributed by atoms with van der Waals surface area (Å²) in [7, 11) is 0. The van der Waals surface area contributed by atoms with Crippen LogP contribution in [0.1, 0.15) is 48.4 Å². The normalized spacial score (nSPS) is 13.8. The topological polar surface area (TPSA) is 91.3 Å². The van der Waals surface area contributed by atoms with E-state index in [9.17, 15) is 19.1 Å². The van der Waals surface area contributed by atoms with Crippen molar-refractivity contribution in [1.29, 1.82) is 0 Å². The zero-order valence-corrected chi connectivity index (χ0v) is 16.3. The molecule has 0 unspecified atom stereocenters. The SMILES string of the molecule is O=C(CCCCc1ccc2c(n1)NCCC2)NC[C@@H](C(=O)O)c1cccc(F)c1. The number of fused-ring (bicyclic) bond motifs is 1. The minimum absolute atomic E-state index is 0.0599. The lowest BCUT2D eigenvalue weighted by molar-refractivity contribution is -0.138. The number of benzene rings is 1. The second-order valence-electron chi connectivity index (χ2n) is 7.30. The van der Waals surface area contributed by atoms with Crippen molar-refractivity contribution in [3.8, 4) is 0 Å². The van der Waals surface area contributed by atoms with Gasteiger partial charge in [-0.2, -0.15) is 0 Å². The third-order valence-corrected chi connectivity index (χ3v) is 5.09. The molecule has 0 saturated carbocycles. The summed E-state index contributed by atoms with van der Waals surface area (Å²) < 4.78 is 13.3. The Morgan fingerprint density at radius 3 is 2.90 bits per heavy atom. The van der Waals surface area contributed by atoms with E-state index in [2.05, 4.69) is 21.7 Å². The van der Waals surface area contributed by atoms with Crippen LogP contribution in [0.25, 0.3) is 0 Å². The number of aryl methyl sites for hydroxylation is 2.